The minimum atomic E-state index is -4.56. The van der Waals surface area contributed by atoms with Crippen LogP contribution in [0.1, 0.15) is 43.1 Å². The molecule has 5 nitrogen and oxygen atoms in total. The van der Waals surface area contributed by atoms with E-state index in [2.05, 4.69) is 15.2 Å². The molecule has 0 amide bonds. The second-order valence-electron chi connectivity index (χ2n) is 7.31. The van der Waals surface area contributed by atoms with Crippen LogP contribution in [0.15, 0.2) is 36.4 Å². The molecule has 0 spiro atoms. The molecule has 0 unspecified atom stereocenters. The maximum absolute atomic E-state index is 13.5. The third kappa shape index (κ3) is 3.72. The Morgan fingerprint density at radius 2 is 2.00 bits per heavy atom. The molecule has 2 N–H and O–H groups in total. The van der Waals surface area contributed by atoms with Gasteiger partial charge in [0.1, 0.15) is 5.75 Å². The largest absolute Gasteiger partial charge is 0.490 e. The van der Waals surface area contributed by atoms with Gasteiger partial charge in [0, 0.05) is 11.1 Å². The summed E-state index contributed by atoms with van der Waals surface area (Å²) >= 11 is 0. The zero-order valence-electron chi connectivity index (χ0n) is 15.9. The Morgan fingerprint density at radius 1 is 1.21 bits per heavy atom. The van der Waals surface area contributed by atoms with Gasteiger partial charge >= 0.3 is 6.18 Å². The van der Waals surface area contributed by atoms with Crippen molar-refractivity contribution in [2.45, 2.75) is 45.1 Å². The summed E-state index contributed by atoms with van der Waals surface area (Å²) in [5.74, 6) is 0.404. The highest BCUT2D eigenvalue weighted by molar-refractivity contribution is 5.67. The van der Waals surface area contributed by atoms with Crippen molar-refractivity contribution in [2.24, 2.45) is 0 Å². The summed E-state index contributed by atoms with van der Waals surface area (Å²) in [6.45, 7) is 3.34. The lowest BCUT2D eigenvalue weighted by Crippen LogP contribution is -2.13. The van der Waals surface area contributed by atoms with E-state index in [0.29, 0.717) is 18.7 Å². The molecule has 1 aliphatic rings. The van der Waals surface area contributed by atoms with E-state index in [1.165, 1.54) is 12.1 Å². The third-order valence-electron chi connectivity index (χ3n) is 4.89. The van der Waals surface area contributed by atoms with Gasteiger partial charge in [0.15, 0.2) is 11.6 Å². The number of nitrogens with one attached hydrogen (secondary N) is 1. The molecule has 2 aromatic carbocycles. The van der Waals surface area contributed by atoms with Crippen molar-refractivity contribution in [3.63, 3.8) is 0 Å². The molecule has 0 saturated carbocycles. The Morgan fingerprint density at radius 3 is 2.72 bits per heavy atom. The quantitative estimate of drug-likeness (QED) is 0.648. The zero-order valence-corrected chi connectivity index (χ0v) is 15.9. The number of ether oxygens (including phenoxy) is 1. The van der Waals surface area contributed by atoms with E-state index in [4.69, 9.17) is 4.74 Å². The Bertz CT molecular complexity index is 1040. The van der Waals surface area contributed by atoms with Crippen LogP contribution in [-0.2, 0) is 12.6 Å². The fourth-order valence-corrected chi connectivity index (χ4v) is 3.61. The lowest BCUT2D eigenvalue weighted by Gasteiger charge is -2.16. The number of rotatable bonds is 4. The topological polar surface area (TPSA) is 71.0 Å². The van der Waals surface area contributed by atoms with E-state index >= 15 is 0 Å². The van der Waals surface area contributed by atoms with Gasteiger partial charge in [0.05, 0.1) is 17.8 Å². The summed E-state index contributed by atoms with van der Waals surface area (Å²) in [5.41, 5.74) is 2.02. The van der Waals surface area contributed by atoms with E-state index in [-0.39, 0.29) is 23.2 Å². The summed E-state index contributed by atoms with van der Waals surface area (Å²) in [7, 11) is 0. The smallest absolute Gasteiger partial charge is 0.419 e. The van der Waals surface area contributed by atoms with Gasteiger partial charge in [0.25, 0.3) is 0 Å². The van der Waals surface area contributed by atoms with Crippen molar-refractivity contribution in [2.75, 3.05) is 0 Å². The fraction of sp³-hybridized carbons (Fsp3) is 0.333. The van der Waals surface area contributed by atoms with Gasteiger partial charge in [-0.2, -0.15) is 18.3 Å². The van der Waals surface area contributed by atoms with E-state index in [1.807, 2.05) is 18.2 Å². The molecule has 1 heterocycles. The second kappa shape index (κ2) is 7.18. The molecule has 1 atom stereocenters. The lowest BCUT2D eigenvalue weighted by atomic mass is 10.0. The van der Waals surface area contributed by atoms with Gasteiger partial charge in [-0.25, -0.2) is 4.98 Å². The summed E-state index contributed by atoms with van der Waals surface area (Å²) in [4.78, 5) is 4.41. The first kappa shape index (κ1) is 19.4. The summed E-state index contributed by atoms with van der Waals surface area (Å²) < 4.78 is 45.8. The monoisotopic (exact) mass is 403 g/mol. The normalized spacial score (nSPS) is 16.3. The highest BCUT2D eigenvalue weighted by Gasteiger charge is 2.35. The van der Waals surface area contributed by atoms with E-state index < -0.39 is 17.8 Å². The molecule has 1 aromatic heterocycles. The van der Waals surface area contributed by atoms with Crippen LogP contribution >= 0.6 is 0 Å². The van der Waals surface area contributed by atoms with Crippen molar-refractivity contribution in [3.05, 3.63) is 53.1 Å². The molecular formula is C21H20F3N3O2. The zero-order chi connectivity index (χ0) is 20.8. The molecular weight excluding hydrogens is 383 g/mol. The Balaban J connectivity index is 1.72. The number of fused-ring (bicyclic) bond motifs is 1. The average Bonchev–Trinajstić information content (AvgIpc) is 3.28. The maximum atomic E-state index is 13.5. The first-order valence-corrected chi connectivity index (χ1v) is 9.35. The molecule has 3 aromatic rings. The number of H-pyrrole nitrogens is 1. The molecule has 0 saturated heterocycles. The second-order valence-corrected chi connectivity index (χ2v) is 7.31. The summed E-state index contributed by atoms with van der Waals surface area (Å²) in [6.07, 6.45) is -4.10. The molecule has 1 aliphatic carbocycles. The van der Waals surface area contributed by atoms with Crippen LogP contribution in [0.3, 0.4) is 0 Å². The number of benzene rings is 2. The first-order valence-electron chi connectivity index (χ1n) is 9.35. The number of aliphatic hydroxyl groups excluding tert-OH is 1. The number of aromatic nitrogens is 3. The molecule has 0 radical (unpaired) electrons. The predicted molar refractivity (Wildman–Crippen MR) is 101 cm³/mol. The highest BCUT2D eigenvalue weighted by atomic mass is 19.4. The van der Waals surface area contributed by atoms with Gasteiger partial charge in [-0.3, -0.25) is 5.10 Å². The molecule has 8 heteroatoms. The first-order chi connectivity index (χ1) is 13.7. The standard InChI is InChI=1S/C21H20F3N3O2/c1-11(2)29-18-9-6-12(10-16(18)21(22,23)24)19-25-20(27-26-19)15-5-3-4-14-13(15)7-8-17(14)28/h3-6,9-11,17,28H,7-8H2,1-2H3,(H,25,26,27)/t17-/m0/s1. The lowest BCUT2D eigenvalue weighted by molar-refractivity contribution is -0.139. The maximum Gasteiger partial charge on any atom is 0.419 e. The van der Waals surface area contributed by atoms with E-state index in [9.17, 15) is 18.3 Å². The van der Waals surface area contributed by atoms with Gasteiger partial charge in [-0.1, -0.05) is 18.2 Å². The SMILES string of the molecule is CC(C)Oc1ccc(-c2n[nH]c(-c3cccc4c3CC[C@@H]4O)n2)cc1C(F)(F)F. The Kier molecular flexibility index (Phi) is 4.82. The van der Waals surface area contributed by atoms with Crippen molar-refractivity contribution in [1.82, 2.24) is 15.2 Å². The Labute approximate surface area is 165 Å². The number of hydrogen-bond donors (Lipinski definition) is 2. The van der Waals surface area contributed by atoms with Crippen LogP contribution in [0, 0.1) is 0 Å². The third-order valence-corrected chi connectivity index (χ3v) is 4.89. The molecule has 152 valence electrons. The molecule has 0 aliphatic heterocycles. The van der Waals surface area contributed by atoms with Crippen LogP contribution in [0.2, 0.25) is 0 Å². The van der Waals surface area contributed by atoms with Crippen LogP contribution in [0.25, 0.3) is 22.8 Å². The van der Waals surface area contributed by atoms with Crippen LogP contribution in [0.4, 0.5) is 13.2 Å². The van der Waals surface area contributed by atoms with E-state index in [1.54, 1.807) is 13.8 Å². The average molecular weight is 403 g/mol. The minimum Gasteiger partial charge on any atom is -0.490 e. The molecule has 0 fully saturated rings. The summed E-state index contributed by atoms with van der Waals surface area (Å²) in [6, 6.07) is 9.37. The van der Waals surface area contributed by atoms with Gasteiger partial charge < -0.3 is 9.84 Å². The van der Waals surface area contributed by atoms with Gasteiger partial charge in [-0.15, -0.1) is 0 Å². The number of aromatic amines is 1. The van der Waals surface area contributed by atoms with Crippen molar-refractivity contribution in [1.29, 1.82) is 0 Å². The molecule has 4 rings (SSSR count). The van der Waals surface area contributed by atoms with Crippen molar-refractivity contribution in [3.8, 4) is 28.5 Å². The number of halogens is 3. The predicted octanol–water partition coefficient (Wildman–Crippen LogP) is 4.92. The Hall–Kier alpha value is -2.87. The number of hydrogen-bond acceptors (Lipinski definition) is 4. The molecule has 29 heavy (non-hydrogen) atoms. The number of aliphatic hydroxyl groups is 1. The van der Waals surface area contributed by atoms with Crippen molar-refractivity contribution >= 4 is 0 Å². The highest BCUT2D eigenvalue weighted by Crippen LogP contribution is 2.40. The summed E-state index contributed by atoms with van der Waals surface area (Å²) in [5, 5.41) is 17.0. The van der Waals surface area contributed by atoms with Gasteiger partial charge in [0.2, 0.25) is 0 Å². The molecule has 0 bridgehead atoms. The van der Waals surface area contributed by atoms with Crippen LogP contribution < -0.4 is 4.74 Å². The number of nitrogens with zero attached hydrogens (tertiary/aromatic N) is 2. The van der Waals surface area contributed by atoms with E-state index in [0.717, 1.165) is 22.8 Å². The van der Waals surface area contributed by atoms with Crippen LogP contribution in [-0.4, -0.2) is 26.4 Å². The van der Waals surface area contributed by atoms with Crippen LogP contribution in [0.5, 0.6) is 5.75 Å². The number of alkyl halides is 3. The van der Waals surface area contributed by atoms with Crippen molar-refractivity contribution < 1.29 is 23.0 Å². The van der Waals surface area contributed by atoms with Gasteiger partial charge in [-0.05, 0) is 56.0 Å². The fourth-order valence-electron chi connectivity index (χ4n) is 3.61. The minimum absolute atomic E-state index is 0.165.